The van der Waals surface area contributed by atoms with Crippen LogP contribution in [0.2, 0.25) is 0 Å². The van der Waals surface area contributed by atoms with Gasteiger partial charge in [-0.15, -0.1) is 0 Å². The Hall–Kier alpha value is -2.50. The lowest BCUT2D eigenvalue weighted by molar-refractivity contribution is 0.0631. The molecule has 1 aromatic carbocycles. The predicted molar refractivity (Wildman–Crippen MR) is 96.3 cm³/mol. The third kappa shape index (κ3) is 3.62. The first kappa shape index (κ1) is 17.3. The van der Waals surface area contributed by atoms with E-state index in [0.717, 1.165) is 30.2 Å². The maximum Gasteiger partial charge on any atom is 0.292 e. The summed E-state index contributed by atoms with van der Waals surface area (Å²) in [4.78, 5) is 16.9. The van der Waals surface area contributed by atoms with Crippen LogP contribution in [0.5, 0.6) is 5.75 Å². The third-order valence-electron chi connectivity index (χ3n) is 4.66. The maximum atomic E-state index is 12.7. The molecule has 1 fully saturated rings. The third-order valence-corrected chi connectivity index (χ3v) is 4.66. The van der Waals surface area contributed by atoms with Gasteiger partial charge in [-0.05, 0) is 37.1 Å². The summed E-state index contributed by atoms with van der Waals surface area (Å²) in [5.74, 6) is 1.33. The van der Waals surface area contributed by atoms with Crippen LogP contribution in [0.3, 0.4) is 0 Å². The fraction of sp³-hybridized carbons (Fsp3) is 0.474. The van der Waals surface area contributed by atoms with Gasteiger partial charge >= 0.3 is 0 Å². The van der Waals surface area contributed by atoms with Crippen LogP contribution in [0.4, 0.5) is 5.69 Å². The molecule has 0 bridgehead atoms. The first-order chi connectivity index (χ1) is 12.0. The van der Waals surface area contributed by atoms with E-state index in [2.05, 4.69) is 17.0 Å². The highest BCUT2D eigenvalue weighted by atomic mass is 16.5. The SMILES string of the molecule is COc1ccc(N2CCN(C(=O)c3cc(C(C)C)no3)[C@@H](C)C2)cc1. The van der Waals surface area contributed by atoms with Gasteiger partial charge in [0.15, 0.2) is 0 Å². The average Bonchev–Trinajstić information content (AvgIpc) is 3.11. The van der Waals surface area contributed by atoms with Gasteiger partial charge in [-0.1, -0.05) is 19.0 Å². The van der Waals surface area contributed by atoms with Gasteiger partial charge in [-0.3, -0.25) is 4.79 Å². The van der Waals surface area contributed by atoms with Crippen LogP contribution in [-0.2, 0) is 0 Å². The molecule has 1 aliphatic rings. The minimum absolute atomic E-state index is 0.0821. The van der Waals surface area contributed by atoms with Gasteiger partial charge in [-0.25, -0.2) is 0 Å². The molecule has 0 unspecified atom stereocenters. The lowest BCUT2D eigenvalue weighted by atomic mass is 10.1. The molecule has 6 nitrogen and oxygen atoms in total. The molecule has 2 aromatic rings. The number of amides is 1. The van der Waals surface area contributed by atoms with Crippen LogP contribution < -0.4 is 9.64 Å². The molecule has 0 aliphatic carbocycles. The van der Waals surface area contributed by atoms with Crippen molar-refractivity contribution in [3.05, 3.63) is 41.8 Å². The minimum atomic E-state index is -0.0821. The summed E-state index contributed by atoms with van der Waals surface area (Å²) >= 11 is 0. The number of hydrogen-bond acceptors (Lipinski definition) is 5. The van der Waals surface area contributed by atoms with Gasteiger partial charge in [0.25, 0.3) is 5.91 Å². The first-order valence-corrected chi connectivity index (χ1v) is 8.66. The van der Waals surface area contributed by atoms with Crippen molar-refractivity contribution in [2.24, 2.45) is 0 Å². The van der Waals surface area contributed by atoms with Crippen molar-refractivity contribution in [3.63, 3.8) is 0 Å². The van der Waals surface area contributed by atoms with Crippen molar-refractivity contribution < 1.29 is 14.1 Å². The Morgan fingerprint density at radius 2 is 2.00 bits per heavy atom. The summed E-state index contributed by atoms with van der Waals surface area (Å²) in [5, 5.41) is 3.99. The number of ether oxygens (including phenoxy) is 1. The molecule has 1 atom stereocenters. The summed E-state index contributed by atoms with van der Waals surface area (Å²) in [6, 6.07) is 9.87. The summed E-state index contributed by atoms with van der Waals surface area (Å²) < 4.78 is 10.5. The fourth-order valence-corrected chi connectivity index (χ4v) is 3.09. The van der Waals surface area contributed by atoms with Crippen molar-refractivity contribution in [3.8, 4) is 5.75 Å². The van der Waals surface area contributed by atoms with Gasteiger partial charge < -0.3 is 19.1 Å². The molecule has 2 heterocycles. The van der Waals surface area contributed by atoms with Crippen molar-refractivity contribution in [2.75, 3.05) is 31.6 Å². The molecule has 25 heavy (non-hydrogen) atoms. The molecule has 0 saturated carbocycles. The zero-order valence-corrected chi connectivity index (χ0v) is 15.2. The molecule has 0 radical (unpaired) electrons. The number of methoxy groups -OCH3 is 1. The number of benzene rings is 1. The van der Waals surface area contributed by atoms with E-state index >= 15 is 0 Å². The minimum Gasteiger partial charge on any atom is -0.497 e. The van der Waals surface area contributed by atoms with Crippen molar-refractivity contribution in [1.29, 1.82) is 0 Å². The van der Waals surface area contributed by atoms with Crippen LogP contribution in [0.1, 0.15) is 42.9 Å². The number of carbonyl (C=O) groups excluding carboxylic acids is 1. The Morgan fingerprint density at radius 3 is 2.56 bits per heavy atom. The van der Waals surface area contributed by atoms with E-state index in [-0.39, 0.29) is 17.9 Å². The van der Waals surface area contributed by atoms with Crippen LogP contribution in [0, 0.1) is 0 Å². The second-order valence-corrected chi connectivity index (χ2v) is 6.76. The lowest BCUT2D eigenvalue weighted by Gasteiger charge is -2.40. The van der Waals surface area contributed by atoms with E-state index < -0.39 is 0 Å². The van der Waals surface area contributed by atoms with Crippen LogP contribution in [0.15, 0.2) is 34.9 Å². The van der Waals surface area contributed by atoms with Crippen molar-refractivity contribution in [2.45, 2.75) is 32.7 Å². The van der Waals surface area contributed by atoms with Gasteiger partial charge in [0.05, 0.1) is 12.8 Å². The van der Waals surface area contributed by atoms with Gasteiger partial charge in [-0.2, -0.15) is 0 Å². The number of aromatic nitrogens is 1. The largest absolute Gasteiger partial charge is 0.497 e. The van der Waals surface area contributed by atoms with E-state index in [1.807, 2.05) is 43.0 Å². The molecule has 0 N–H and O–H groups in total. The van der Waals surface area contributed by atoms with Gasteiger partial charge in [0, 0.05) is 37.4 Å². The summed E-state index contributed by atoms with van der Waals surface area (Å²) in [5.41, 5.74) is 1.95. The van der Waals surface area contributed by atoms with Crippen molar-refractivity contribution in [1.82, 2.24) is 10.1 Å². The Morgan fingerprint density at radius 1 is 1.28 bits per heavy atom. The Kier molecular flexibility index (Phi) is 4.97. The Labute approximate surface area is 148 Å². The van der Waals surface area contributed by atoms with Crippen LogP contribution in [-0.4, -0.2) is 48.7 Å². The molecular weight excluding hydrogens is 318 g/mol. The quantitative estimate of drug-likeness (QED) is 0.853. The highest BCUT2D eigenvalue weighted by Gasteiger charge is 2.30. The number of carbonyl (C=O) groups is 1. The van der Waals surface area contributed by atoms with Crippen molar-refractivity contribution >= 4 is 11.6 Å². The predicted octanol–water partition coefficient (Wildman–Crippen LogP) is 3.16. The van der Waals surface area contributed by atoms with E-state index in [1.54, 1.807) is 13.2 Å². The van der Waals surface area contributed by atoms with E-state index in [0.29, 0.717) is 12.3 Å². The smallest absolute Gasteiger partial charge is 0.292 e. The molecule has 134 valence electrons. The number of rotatable bonds is 4. The molecule has 1 saturated heterocycles. The molecule has 0 spiro atoms. The van der Waals surface area contributed by atoms with Crippen LogP contribution >= 0.6 is 0 Å². The van der Waals surface area contributed by atoms with E-state index in [4.69, 9.17) is 9.26 Å². The summed E-state index contributed by atoms with van der Waals surface area (Å²) in [7, 11) is 1.66. The van der Waals surface area contributed by atoms with Gasteiger partial charge in [0.1, 0.15) is 5.75 Å². The maximum absolute atomic E-state index is 12.7. The van der Waals surface area contributed by atoms with Crippen LogP contribution in [0.25, 0.3) is 0 Å². The lowest BCUT2D eigenvalue weighted by Crippen LogP contribution is -2.54. The molecular formula is C19H25N3O3. The topological polar surface area (TPSA) is 58.8 Å². The van der Waals surface area contributed by atoms with Gasteiger partial charge in [0.2, 0.25) is 5.76 Å². The number of anilines is 1. The molecule has 1 aliphatic heterocycles. The monoisotopic (exact) mass is 343 g/mol. The Balaban J connectivity index is 1.67. The zero-order chi connectivity index (χ0) is 18.0. The second kappa shape index (κ2) is 7.17. The first-order valence-electron chi connectivity index (χ1n) is 8.66. The summed E-state index contributed by atoms with van der Waals surface area (Å²) in [6.45, 7) is 8.35. The molecule has 1 aromatic heterocycles. The number of piperazine rings is 1. The fourth-order valence-electron chi connectivity index (χ4n) is 3.09. The Bertz CT molecular complexity index is 724. The molecule has 1 amide bonds. The number of nitrogens with zero attached hydrogens (tertiary/aromatic N) is 3. The number of hydrogen-bond donors (Lipinski definition) is 0. The highest BCUT2D eigenvalue weighted by Crippen LogP contribution is 2.23. The average molecular weight is 343 g/mol. The zero-order valence-electron chi connectivity index (χ0n) is 15.2. The van der Waals surface area contributed by atoms with E-state index in [1.165, 1.54) is 0 Å². The van der Waals surface area contributed by atoms with E-state index in [9.17, 15) is 4.79 Å². The highest BCUT2D eigenvalue weighted by molar-refractivity contribution is 5.92. The summed E-state index contributed by atoms with van der Waals surface area (Å²) in [6.07, 6.45) is 0. The molecule has 3 rings (SSSR count). The second-order valence-electron chi connectivity index (χ2n) is 6.76. The normalized spacial score (nSPS) is 17.9. The molecule has 6 heteroatoms. The standard InChI is InChI=1S/C19H25N3O3/c1-13(2)17-11-18(25-20-17)19(23)22-10-9-21(12-14(22)3)15-5-7-16(24-4)8-6-15/h5-8,11,13-14H,9-10,12H2,1-4H3/t14-/m0/s1.